The highest BCUT2D eigenvalue weighted by atomic mass is 32.2. The Hall–Kier alpha value is -1.43. The minimum Gasteiger partial charge on any atom is -0.396 e. The smallest absolute Gasteiger partial charge is 0.243 e. The summed E-state index contributed by atoms with van der Waals surface area (Å²) in [5.74, 6) is 0.269. The fourth-order valence-electron chi connectivity index (χ4n) is 2.91. The van der Waals surface area contributed by atoms with Gasteiger partial charge < -0.3 is 5.11 Å². The summed E-state index contributed by atoms with van der Waals surface area (Å²) in [5.41, 5.74) is 0. The lowest BCUT2D eigenvalue weighted by molar-refractivity contribution is 0.259. The normalized spacial score (nSPS) is 20.1. The Labute approximate surface area is 125 Å². The Morgan fingerprint density at radius 1 is 1.14 bits per heavy atom. The first-order chi connectivity index (χ1) is 10.1. The summed E-state index contributed by atoms with van der Waals surface area (Å²) < 4.78 is 26.9. The molecule has 1 heterocycles. The van der Waals surface area contributed by atoms with Crippen molar-refractivity contribution in [2.75, 3.05) is 19.7 Å². The van der Waals surface area contributed by atoms with Gasteiger partial charge in [-0.1, -0.05) is 30.3 Å². The van der Waals surface area contributed by atoms with Crippen LogP contribution in [-0.2, 0) is 10.0 Å². The van der Waals surface area contributed by atoms with Gasteiger partial charge in [0.15, 0.2) is 0 Å². The van der Waals surface area contributed by atoms with Crippen LogP contribution in [0.15, 0.2) is 47.4 Å². The third kappa shape index (κ3) is 2.81. The molecule has 5 heteroatoms. The standard InChI is InChI=1S/C16H19NO3S/c18-10-8-13-7-9-17(12-13)21(19,20)16-6-5-14-3-1-2-4-15(14)11-16/h1-6,11,13,18H,7-10,12H2. The molecule has 1 saturated heterocycles. The van der Waals surface area contributed by atoms with Gasteiger partial charge in [-0.3, -0.25) is 0 Å². The SMILES string of the molecule is O=S(=O)(c1ccc2ccccc2c1)N1CCC(CCO)C1. The molecule has 1 fully saturated rings. The molecule has 3 rings (SSSR count). The van der Waals surface area contributed by atoms with Crippen LogP contribution in [0.25, 0.3) is 10.8 Å². The molecule has 4 nitrogen and oxygen atoms in total. The molecule has 112 valence electrons. The number of nitrogens with zero attached hydrogens (tertiary/aromatic N) is 1. The maximum absolute atomic E-state index is 12.7. The second kappa shape index (κ2) is 5.75. The number of hydrogen-bond donors (Lipinski definition) is 1. The van der Waals surface area contributed by atoms with E-state index in [9.17, 15) is 8.42 Å². The molecule has 2 aromatic rings. The van der Waals surface area contributed by atoms with Crippen molar-refractivity contribution in [1.29, 1.82) is 0 Å². The largest absolute Gasteiger partial charge is 0.396 e. The first-order valence-corrected chi connectivity index (χ1v) is 8.65. The summed E-state index contributed by atoms with van der Waals surface area (Å²) in [6, 6.07) is 13.0. The first kappa shape index (κ1) is 14.5. The molecule has 1 unspecified atom stereocenters. The monoisotopic (exact) mass is 305 g/mol. The number of aliphatic hydroxyl groups is 1. The Bertz CT molecular complexity index is 742. The van der Waals surface area contributed by atoms with Crippen LogP contribution in [0.2, 0.25) is 0 Å². The molecule has 1 aliphatic rings. The van der Waals surface area contributed by atoms with Crippen LogP contribution in [0.5, 0.6) is 0 Å². The zero-order valence-corrected chi connectivity index (χ0v) is 12.6. The van der Waals surface area contributed by atoms with E-state index >= 15 is 0 Å². The predicted molar refractivity (Wildman–Crippen MR) is 82.5 cm³/mol. The topological polar surface area (TPSA) is 57.6 Å². The average molecular weight is 305 g/mol. The van der Waals surface area contributed by atoms with E-state index in [0.29, 0.717) is 24.4 Å². The molecule has 21 heavy (non-hydrogen) atoms. The van der Waals surface area contributed by atoms with Gasteiger partial charge in [-0.05, 0) is 41.7 Å². The van der Waals surface area contributed by atoms with Crippen molar-refractivity contribution in [3.8, 4) is 0 Å². The van der Waals surface area contributed by atoms with Gasteiger partial charge in [0.05, 0.1) is 4.90 Å². The number of benzene rings is 2. The van der Waals surface area contributed by atoms with E-state index in [1.54, 1.807) is 12.1 Å². The second-order valence-electron chi connectivity index (χ2n) is 5.54. The molecule has 1 N–H and O–H groups in total. The molecule has 0 aromatic heterocycles. The highest BCUT2D eigenvalue weighted by Gasteiger charge is 2.32. The van der Waals surface area contributed by atoms with Gasteiger partial charge >= 0.3 is 0 Å². The van der Waals surface area contributed by atoms with Gasteiger partial charge in [0.25, 0.3) is 0 Å². The van der Waals surface area contributed by atoms with Gasteiger partial charge in [0, 0.05) is 19.7 Å². The third-order valence-corrected chi connectivity index (χ3v) is 6.01. The minimum absolute atomic E-state index is 0.120. The second-order valence-corrected chi connectivity index (χ2v) is 7.48. The molecule has 0 spiro atoms. The quantitative estimate of drug-likeness (QED) is 0.942. The molecule has 0 amide bonds. The fraction of sp³-hybridized carbons (Fsp3) is 0.375. The van der Waals surface area contributed by atoms with E-state index in [0.717, 1.165) is 17.2 Å². The van der Waals surface area contributed by atoms with Gasteiger partial charge in [-0.2, -0.15) is 4.31 Å². The molecule has 1 aliphatic heterocycles. The number of sulfonamides is 1. The minimum atomic E-state index is -3.43. The molecule has 2 aromatic carbocycles. The molecular formula is C16H19NO3S. The molecular weight excluding hydrogens is 286 g/mol. The summed E-state index contributed by atoms with van der Waals surface area (Å²) in [5, 5.41) is 11.0. The lowest BCUT2D eigenvalue weighted by atomic mass is 10.1. The lowest BCUT2D eigenvalue weighted by Gasteiger charge is -2.17. The van der Waals surface area contributed by atoms with Gasteiger partial charge in [-0.15, -0.1) is 0 Å². The van der Waals surface area contributed by atoms with Crippen molar-refractivity contribution in [2.45, 2.75) is 17.7 Å². The Balaban J connectivity index is 1.90. The molecule has 0 aliphatic carbocycles. The molecule has 1 atom stereocenters. The van der Waals surface area contributed by atoms with E-state index in [1.165, 1.54) is 4.31 Å². The van der Waals surface area contributed by atoms with Crippen molar-refractivity contribution in [3.63, 3.8) is 0 Å². The van der Waals surface area contributed by atoms with Crippen LogP contribution in [0.1, 0.15) is 12.8 Å². The summed E-state index contributed by atoms with van der Waals surface area (Å²) in [6.07, 6.45) is 1.50. The zero-order chi connectivity index (χ0) is 14.9. The van der Waals surface area contributed by atoms with E-state index in [4.69, 9.17) is 5.11 Å². The Kier molecular flexibility index (Phi) is 3.97. The van der Waals surface area contributed by atoms with Crippen molar-refractivity contribution < 1.29 is 13.5 Å². The summed E-state index contributed by atoms with van der Waals surface area (Å²) in [4.78, 5) is 0.353. The number of fused-ring (bicyclic) bond motifs is 1. The van der Waals surface area contributed by atoms with Crippen LogP contribution in [0.4, 0.5) is 0 Å². The molecule has 0 radical (unpaired) electrons. The number of aliphatic hydroxyl groups excluding tert-OH is 1. The van der Waals surface area contributed by atoms with Gasteiger partial charge in [0.1, 0.15) is 0 Å². The van der Waals surface area contributed by atoms with Crippen molar-refractivity contribution in [2.24, 2.45) is 5.92 Å². The molecule has 0 saturated carbocycles. The summed E-state index contributed by atoms with van der Waals surface area (Å²) in [6.45, 7) is 1.17. The van der Waals surface area contributed by atoms with Crippen LogP contribution in [-0.4, -0.2) is 37.5 Å². The van der Waals surface area contributed by atoms with Gasteiger partial charge in [-0.25, -0.2) is 8.42 Å². The predicted octanol–water partition coefficient (Wildman–Crippen LogP) is 2.23. The first-order valence-electron chi connectivity index (χ1n) is 7.21. The van der Waals surface area contributed by atoms with Gasteiger partial charge in [0.2, 0.25) is 10.0 Å². The average Bonchev–Trinajstić information content (AvgIpc) is 2.96. The van der Waals surface area contributed by atoms with Crippen molar-refractivity contribution >= 4 is 20.8 Å². The van der Waals surface area contributed by atoms with E-state index in [2.05, 4.69) is 0 Å². The Morgan fingerprint density at radius 2 is 1.90 bits per heavy atom. The molecule has 0 bridgehead atoms. The highest BCUT2D eigenvalue weighted by molar-refractivity contribution is 7.89. The summed E-state index contributed by atoms with van der Waals surface area (Å²) >= 11 is 0. The van der Waals surface area contributed by atoms with Crippen LogP contribution >= 0.6 is 0 Å². The van der Waals surface area contributed by atoms with E-state index in [1.807, 2.05) is 30.3 Å². The van der Waals surface area contributed by atoms with Crippen LogP contribution < -0.4 is 0 Å². The fourth-order valence-corrected chi connectivity index (χ4v) is 4.48. The highest BCUT2D eigenvalue weighted by Crippen LogP contribution is 2.27. The van der Waals surface area contributed by atoms with E-state index in [-0.39, 0.29) is 12.5 Å². The lowest BCUT2D eigenvalue weighted by Crippen LogP contribution is -2.29. The van der Waals surface area contributed by atoms with E-state index < -0.39 is 10.0 Å². The third-order valence-electron chi connectivity index (χ3n) is 4.14. The maximum atomic E-state index is 12.7. The Morgan fingerprint density at radius 3 is 2.67 bits per heavy atom. The maximum Gasteiger partial charge on any atom is 0.243 e. The number of rotatable bonds is 4. The number of hydrogen-bond acceptors (Lipinski definition) is 3. The summed E-state index contributed by atoms with van der Waals surface area (Å²) in [7, 11) is -3.43. The van der Waals surface area contributed by atoms with Crippen molar-refractivity contribution in [3.05, 3.63) is 42.5 Å². The van der Waals surface area contributed by atoms with Crippen LogP contribution in [0.3, 0.4) is 0 Å². The van der Waals surface area contributed by atoms with Crippen molar-refractivity contribution in [1.82, 2.24) is 4.31 Å². The van der Waals surface area contributed by atoms with Crippen LogP contribution in [0, 0.1) is 5.92 Å². The zero-order valence-electron chi connectivity index (χ0n) is 11.8.